The molecular weight excluding hydrogens is 413 g/mol. The van der Waals surface area contributed by atoms with Crippen molar-refractivity contribution in [3.63, 3.8) is 0 Å². The number of carbonyl (C=O) groups is 2. The van der Waals surface area contributed by atoms with E-state index >= 15 is 0 Å². The predicted molar refractivity (Wildman–Crippen MR) is 104 cm³/mol. The van der Waals surface area contributed by atoms with Crippen LogP contribution in [0.2, 0.25) is 0 Å². The first kappa shape index (κ1) is 15.1. The molecule has 0 aliphatic heterocycles. The zero-order valence-electron chi connectivity index (χ0n) is 12.6. The second-order valence-electron chi connectivity index (χ2n) is 5.57. The summed E-state index contributed by atoms with van der Waals surface area (Å²) in [5, 5.41) is 2.93. The molecule has 4 aromatic rings. The maximum atomic E-state index is 13.0. The van der Waals surface area contributed by atoms with Crippen LogP contribution >= 0.6 is 22.6 Å². The van der Waals surface area contributed by atoms with Gasteiger partial charge in [0.1, 0.15) is 0 Å². The van der Waals surface area contributed by atoms with Crippen LogP contribution in [-0.4, -0.2) is 16.8 Å². The maximum absolute atomic E-state index is 13.0. The number of fused-ring (bicyclic) bond motifs is 2. The quantitative estimate of drug-likeness (QED) is 0.339. The van der Waals surface area contributed by atoms with Gasteiger partial charge in [-0.1, -0.05) is 36.4 Å². The van der Waals surface area contributed by atoms with Crippen molar-refractivity contribution < 1.29 is 9.59 Å². The Morgan fingerprint density at radius 2 is 1.75 bits per heavy atom. The predicted octanol–water partition coefficient (Wildman–Crippen LogP) is 4.90. The molecule has 0 N–H and O–H groups in total. The average molecular weight is 425 g/mol. The fourth-order valence-corrected chi connectivity index (χ4v) is 3.79. The van der Waals surface area contributed by atoms with Gasteiger partial charge in [-0.15, -0.1) is 0 Å². The first-order chi connectivity index (χ1) is 11.7. The Morgan fingerprint density at radius 3 is 2.54 bits per heavy atom. The summed E-state index contributed by atoms with van der Waals surface area (Å²) in [6.07, 6.45) is 2.42. The van der Waals surface area contributed by atoms with E-state index in [9.17, 15) is 9.59 Å². The minimum atomic E-state index is -0.138. The molecule has 116 valence electrons. The molecule has 0 amide bonds. The number of aromatic nitrogens is 1. The molecule has 0 radical (unpaired) electrons. The molecule has 0 fully saturated rings. The van der Waals surface area contributed by atoms with E-state index in [1.165, 1.54) is 0 Å². The van der Waals surface area contributed by atoms with E-state index in [2.05, 4.69) is 22.6 Å². The summed E-state index contributed by atoms with van der Waals surface area (Å²) < 4.78 is 2.52. The largest absolute Gasteiger partial charge is 0.298 e. The third-order valence-electron chi connectivity index (χ3n) is 4.15. The molecule has 0 aliphatic rings. The molecule has 0 atom stereocenters. The van der Waals surface area contributed by atoms with Crippen molar-refractivity contribution in [3.8, 4) is 0 Å². The fourth-order valence-electron chi connectivity index (χ4n) is 2.99. The molecule has 3 nitrogen and oxygen atoms in total. The van der Waals surface area contributed by atoms with Gasteiger partial charge in [-0.25, -0.2) is 0 Å². The van der Waals surface area contributed by atoms with Crippen LogP contribution in [0.25, 0.3) is 21.7 Å². The normalized spacial score (nSPS) is 11.0. The highest BCUT2D eigenvalue weighted by molar-refractivity contribution is 14.1. The van der Waals surface area contributed by atoms with Crippen LogP contribution in [0.3, 0.4) is 0 Å². The number of nitrogens with zero attached hydrogens (tertiary/aromatic N) is 1. The summed E-state index contributed by atoms with van der Waals surface area (Å²) in [5.74, 6) is -0.138. The molecule has 4 heteroatoms. The number of rotatable bonds is 2. The molecule has 0 saturated heterocycles. The van der Waals surface area contributed by atoms with E-state index in [0.717, 1.165) is 31.5 Å². The lowest BCUT2D eigenvalue weighted by Crippen LogP contribution is -2.10. The lowest BCUT2D eigenvalue weighted by atomic mass is 10.1. The number of benzene rings is 3. The minimum absolute atomic E-state index is 0.138. The van der Waals surface area contributed by atoms with Gasteiger partial charge in [-0.2, -0.15) is 0 Å². The molecule has 4 rings (SSSR count). The van der Waals surface area contributed by atoms with Gasteiger partial charge in [0.05, 0.1) is 5.52 Å². The van der Waals surface area contributed by atoms with Gasteiger partial charge in [-0.05, 0) is 57.6 Å². The standard InChI is InChI=1S/C20H12INO2/c21-17-6-3-7-18-19(17)16(12-23)11-22(18)20(24)15-9-8-13-4-1-2-5-14(13)10-15/h1-12H. The molecule has 24 heavy (non-hydrogen) atoms. The minimum Gasteiger partial charge on any atom is -0.298 e. The number of hydrogen-bond acceptors (Lipinski definition) is 2. The van der Waals surface area contributed by atoms with Crippen molar-refractivity contribution in [2.45, 2.75) is 0 Å². The van der Waals surface area contributed by atoms with Gasteiger partial charge in [0.2, 0.25) is 0 Å². The number of hydrogen-bond donors (Lipinski definition) is 0. The van der Waals surface area contributed by atoms with Gasteiger partial charge in [0.15, 0.2) is 6.29 Å². The summed E-state index contributed by atoms with van der Waals surface area (Å²) >= 11 is 2.19. The molecule has 0 bridgehead atoms. The maximum Gasteiger partial charge on any atom is 0.262 e. The highest BCUT2D eigenvalue weighted by Gasteiger charge is 2.16. The van der Waals surface area contributed by atoms with Crippen LogP contribution < -0.4 is 0 Å². The Hall–Kier alpha value is -2.47. The summed E-state index contributed by atoms with van der Waals surface area (Å²) in [7, 11) is 0. The Morgan fingerprint density at radius 1 is 0.958 bits per heavy atom. The zero-order chi connectivity index (χ0) is 16.7. The van der Waals surface area contributed by atoms with Crippen LogP contribution in [0.5, 0.6) is 0 Å². The van der Waals surface area contributed by atoms with Gasteiger partial charge in [-0.3, -0.25) is 14.2 Å². The Bertz CT molecular complexity index is 1110. The Kier molecular flexibility index (Phi) is 3.69. The van der Waals surface area contributed by atoms with E-state index in [0.29, 0.717) is 11.1 Å². The monoisotopic (exact) mass is 425 g/mol. The van der Waals surface area contributed by atoms with Crippen molar-refractivity contribution in [1.29, 1.82) is 0 Å². The van der Waals surface area contributed by atoms with Gasteiger partial charge in [0, 0.05) is 26.3 Å². The molecule has 1 heterocycles. The number of halogens is 1. The van der Waals surface area contributed by atoms with Crippen molar-refractivity contribution in [1.82, 2.24) is 4.57 Å². The Balaban J connectivity index is 1.91. The topological polar surface area (TPSA) is 39.1 Å². The van der Waals surface area contributed by atoms with Gasteiger partial charge in [0.25, 0.3) is 5.91 Å². The van der Waals surface area contributed by atoms with Crippen LogP contribution in [0.4, 0.5) is 0 Å². The third kappa shape index (κ3) is 2.34. The van der Waals surface area contributed by atoms with Crippen molar-refractivity contribution in [2.24, 2.45) is 0 Å². The van der Waals surface area contributed by atoms with Gasteiger partial charge < -0.3 is 0 Å². The highest BCUT2D eigenvalue weighted by atomic mass is 127. The fraction of sp³-hybridized carbons (Fsp3) is 0. The summed E-state index contributed by atoms with van der Waals surface area (Å²) in [5.41, 5.74) is 1.88. The SMILES string of the molecule is O=Cc1cn(C(=O)c2ccc3ccccc3c2)c2cccc(I)c12. The molecule has 1 aromatic heterocycles. The van der Waals surface area contributed by atoms with Crippen LogP contribution in [0.15, 0.2) is 66.9 Å². The lowest BCUT2D eigenvalue weighted by Gasteiger charge is -2.06. The van der Waals surface area contributed by atoms with E-state index < -0.39 is 0 Å². The number of aldehydes is 1. The molecule has 0 unspecified atom stereocenters. The highest BCUT2D eigenvalue weighted by Crippen LogP contribution is 2.27. The van der Waals surface area contributed by atoms with Crippen LogP contribution in [0, 0.1) is 3.57 Å². The summed E-state index contributed by atoms with van der Waals surface area (Å²) in [6.45, 7) is 0. The lowest BCUT2D eigenvalue weighted by molar-refractivity contribution is 0.0965. The summed E-state index contributed by atoms with van der Waals surface area (Å²) in [6, 6.07) is 19.3. The molecule has 0 spiro atoms. The van der Waals surface area contributed by atoms with Crippen LogP contribution in [0.1, 0.15) is 20.7 Å². The van der Waals surface area contributed by atoms with E-state index in [-0.39, 0.29) is 5.91 Å². The Labute approximate surface area is 152 Å². The molecule has 0 aliphatic carbocycles. The van der Waals surface area contributed by atoms with Crippen LogP contribution in [-0.2, 0) is 0 Å². The van der Waals surface area contributed by atoms with E-state index in [4.69, 9.17) is 0 Å². The third-order valence-corrected chi connectivity index (χ3v) is 5.05. The first-order valence-corrected chi connectivity index (χ1v) is 8.55. The second-order valence-corrected chi connectivity index (χ2v) is 6.74. The zero-order valence-corrected chi connectivity index (χ0v) is 14.7. The molecular formula is C20H12INO2. The summed E-state index contributed by atoms with van der Waals surface area (Å²) in [4.78, 5) is 24.4. The van der Waals surface area contributed by atoms with E-state index in [1.807, 2.05) is 60.7 Å². The molecule has 3 aromatic carbocycles. The number of carbonyl (C=O) groups excluding carboxylic acids is 2. The van der Waals surface area contributed by atoms with Crippen molar-refractivity contribution in [3.05, 3.63) is 81.6 Å². The van der Waals surface area contributed by atoms with Crippen molar-refractivity contribution in [2.75, 3.05) is 0 Å². The van der Waals surface area contributed by atoms with E-state index in [1.54, 1.807) is 10.8 Å². The molecule has 0 saturated carbocycles. The van der Waals surface area contributed by atoms with Gasteiger partial charge >= 0.3 is 0 Å². The smallest absolute Gasteiger partial charge is 0.262 e. The second kappa shape index (κ2) is 5.87. The van der Waals surface area contributed by atoms with Crippen molar-refractivity contribution >= 4 is 56.5 Å². The first-order valence-electron chi connectivity index (χ1n) is 7.47. The average Bonchev–Trinajstić information content (AvgIpc) is 3.01.